The highest BCUT2D eigenvalue weighted by atomic mass is 79.9. The SMILES string of the molecule is COC(=O)C(Br)C(=O)c1ccc(Oc2ccccc2)c(OC)c1. The molecule has 0 N–H and O–H groups in total. The Morgan fingerprint density at radius 2 is 1.70 bits per heavy atom. The van der Waals surface area contributed by atoms with Crippen molar-refractivity contribution in [2.45, 2.75) is 4.83 Å². The summed E-state index contributed by atoms with van der Waals surface area (Å²) >= 11 is 3.03. The molecule has 0 heterocycles. The fraction of sp³-hybridized carbons (Fsp3) is 0.176. The number of halogens is 1. The maximum atomic E-state index is 12.2. The molecule has 0 amide bonds. The second kappa shape index (κ2) is 7.78. The summed E-state index contributed by atoms with van der Waals surface area (Å²) in [4.78, 5) is 22.6. The molecule has 0 aliphatic rings. The highest BCUT2D eigenvalue weighted by molar-refractivity contribution is 9.10. The second-order valence-corrected chi connectivity index (χ2v) is 5.45. The number of rotatable bonds is 6. The molecule has 0 saturated carbocycles. The fourth-order valence-corrected chi connectivity index (χ4v) is 2.33. The number of ketones is 1. The molecule has 6 heteroatoms. The summed E-state index contributed by atoms with van der Waals surface area (Å²) in [5.74, 6) is 0.446. The third kappa shape index (κ3) is 4.10. The monoisotopic (exact) mass is 378 g/mol. The van der Waals surface area contributed by atoms with Crippen LogP contribution in [0, 0.1) is 0 Å². The zero-order valence-corrected chi connectivity index (χ0v) is 14.2. The number of ether oxygens (including phenoxy) is 3. The van der Waals surface area contributed by atoms with Gasteiger partial charge in [0.15, 0.2) is 22.1 Å². The molecule has 0 aliphatic heterocycles. The molecule has 0 aliphatic carbocycles. The fourth-order valence-electron chi connectivity index (χ4n) is 1.88. The topological polar surface area (TPSA) is 61.8 Å². The van der Waals surface area contributed by atoms with Gasteiger partial charge in [0.05, 0.1) is 14.2 Å². The van der Waals surface area contributed by atoms with Crippen LogP contribution in [-0.4, -0.2) is 30.8 Å². The smallest absolute Gasteiger partial charge is 0.327 e. The van der Waals surface area contributed by atoms with E-state index in [2.05, 4.69) is 20.7 Å². The Hall–Kier alpha value is -2.34. The predicted octanol–water partition coefficient (Wildman–Crippen LogP) is 3.61. The van der Waals surface area contributed by atoms with Gasteiger partial charge in [-0.1, -0.05) is 34.1 Å². The van der Waals surface area contributed by atoms with Crippen molar-refractivity contribution in [3.63, 3.8) is 0 Å². The molecule has 0 spiro atoms. The quantitative estimate of drug-likeness (QED) is 0.332. The number of esters is 1. The van der Waals surface area contributed by atoms with Gasteiger partial charge < -0.3 is 14.2 Å². The number of hydrogen-bond acceptors (Lipinski definition) is 5. The van der Waals surface area contributed by atoms with E-state index in [1.807, 2.05) is 30.3 Å². The van der Waals surface area contributed by atoms with E-state index >= 15 is 0 Å². The molecule has 2 aromatic rings. The molecule has 2 aromatic carbocycles. The molecule has 0 bridgehead atoms. The number of benzene rings is 2. The van der Waals surface area contributed by atoms with Gasteiger partial charge in [0, 0.05) is 5.56 Å². The normalized spacial score (nSPS) is 11.4. The van der Waals surface area contributed by atoms with Crippen molar-refractivity contribution in [1.82, 2.24) is 0 Å². The zero-order valence-electron chi connectivity index (χ0n) is 12.6. The van der Waals surface area contributed by atoms with Crippen LogP contribution in [0.1, 0.15) is 10.4 Å². The van der Waals surface area contributed by atoms with Crippen molar-refractivity contribution in [1.29, 1.82) is 0 Å². The van der Waals surface area contributed by atoms with Crippen LogP contribution in [-0.2, 0) is 9.53 Å². The lowest BCUT2D eigenvalue weighted by molar-refractivity contribution is -0.138. The van der Waals surface area contributed by atoms with E-state index < -0.39 is 16.6 Å². The number of carbonyl (C=O) groups is 2. The molecule has 0 saturated heterocycles. The zero-order chi connectivity index (χ0) is 16.8. The lowest BCUT2D eigenvalue weighted by Crippen LogP contribution is -2.25. The Morgan fingerprint density at radius 1 is 1.00 bits per heavy atom. The Balaban J connectivity index is 2.26. The molecule has 0 radical (unpaired) electrons. The molecule has 5 nitrogen and oxygen atoms in total. The maximum Gasteiger partial charge on any atom is 0.327 e. The van der Waals surface area contributed by atoms with Gasteiger partial charge in [0.2, 0.25) is 0 Å². The van der Waals surface area contributed by atoms with E-state index in [1.54, 1.807) is 12.1 Å². The summed E-state index contributed by atoms with van der Waals surface area (Å²) in [6, 6.07) is 13.9. The molecule has 120 valence electrons. The van der Waals surface area contributed by atoms with Crippen LogP contribution in [0.2, 0.25) is 0 Å². The molecule has 0 fully saturated rings. The molecular formula is C17H15BrO5. The second-order valence-electron chi connectivity index (χ2n) is 4.53. The van der Waals surface area contributed by atoms with E-state index in [0.29, 0.717) is 22.8 Å². The minimum Gasteiger partial charge on any atom is -0.493 e. The largest absolute Gasteiger partial charge is 0.493 e. The maximum absolute atomic E-state index is 12.2. The van der Waals surface area contributed by atoms with Crippen molar-refractivity contribution in [2.75, 3.05) is 14.2 Å². The Bertz CT molecular complexity index is 699. The van der Waals surface area contributed by atoms with Crippen LogP contribution in [0.3, 0.4) is 0 Å². The van der Waals surface area contributed by atoms with Gasteiger partial charge in [-0.15, -0.1) is 0 Å². The summed E-state index contributed by atoms with van der Waals surface area (Å²) in [7, 11) is 2.70. The molecule has 0 aromatic heterocycles. The van der Waals surface area contributed by atoms with Gasteiger partial charge in [-0.25, -0.2) is 0 Å². The first-order chi connectivity index (χ1) is 11.1. The van der Waals surface area contributed by atoms with Crippen LogP contribution < -0.4 is 9.47 Å². The highest BCUT2D eigenvalue weighted by Crippen LogP contribution is 2.32. The molecule has 23 heavy (non-hydrogen) atoms. The van der Waals surface area contributed by atoms with Crippen molar-refractivity contribution < 1.29 is 23.8 Å². The predicted molar refractivity (Wildman–Crippen MR) is 88.6 cm³/mol. The minimum atomic E-state index is -1.06. The summed E-state index contributed by atoms with van der Waals surface area (Å²) < 4.78 is 15.5. The molecule has 1 atom stereocenters. The van der Waals surface area contributed by atoms with E-state index in [1.165, 1.54) is 20.3 Å². The average Bonchev–Trinajstić information content (AvgIpc) is 2.61. The Labute approximate surface area is 142 Å². The molecule has 1 unspecified atom stereocenters. The first kappa shape index (κ1) is 17.0. The van der Waals surface area contributed by atoms with Gasteiger partial charge in [-0.3, -0.25) is 9.59 Å². The van der Waals surface area contributed by atoms with Gasteiger partial charge in [0.25, 0.3) is 0 Å². The van der Waals surface area contributed by atoms with Crippen molar-refractivity contribution in [3.8, 4) is 17.2 Å². The van der Waals surface area contributed by atoms with Crippen LogP contribution in [0.4, 0.5) is 0 Å². The Kier molecular flexibility index (Phi) is 5.76. The van der Waals surface area contributed by atoms with E-state index in [0.717, 1.165) is 0 Å². The number of hydrogen-bond donors (Lipinski definition) is 0. The molecule has 2 rings (SSSR count). The summed E-state index contributed by atoms with van der Waals surface area (Å²) in [6.45, 7) is 0. The first-order valence-electron chi connectivity index (χ1n) is 6.74. The van der Waals surface area contributed by atoms with Crippen LogP contribution in [0.5, 0.6) is 17.2 Å². The van der Waals surface area contributed by atoms with Gasteiger partial charge >= 0.3 is 5.97 Å². The third-order valence-corrected chi connectivity index (χ3v) is 3.85. The lowest BCUT2D eigenvalue weighted by Gasteiger charge is -2.12. The van der Waals surface area contributed by atoms with Gasteiger partial charge in [-0.2, -0.15) is 0 Å². The average molecular weight is 379 g/mol. The van der Waals surface area contributed by atoms with Crippen LogP contribution in [0.15, 0.2) is 48.5 Å². The number of methoxy groups -OCH3 is 2. The van der Waals surface area contributed by atoms with E-state index in [9.17, 15) is 9.59 Å². The van der Waals surface area contributed by atoms with Crippen LogP contribution >= 0.6 is 15.9 Å². The first-order valence-corrected chi connectivity index (χ1v) is 7.65. The minimum absolute atomic E-state index is 0.314. The third-order valence-electron chi connectivity index (χ3n) is 3.06. The number of para-hydroxylation sites is 1. The Morgan fingerprint density at radius 3 is 2.30 bits per heavy atom. The molecular weight excluding hydrogens is 364 g/mol. The van der Waals surface area contributed by atoms with Gasteiger partial charge in [-0.05, 0) is 30.3 Å². The number of carbonyl (C=O) groups excluding carboxylic acids is 2. The number of alkyl halides is 1. The highest BCUT2D eigenvalue weighted by Gasteiger charge is 2.26. The van der Waals surface area contributed by atoms with Gasteiger partial charge in [0.1, 0.15) is 5.75 Å². The summed E-state index contributed by atoms with van der Waals surface area (Å²) in [6.07, 6.45) is 0. The van der Waals surface area contributed by atoms with Crippen molar-refractivity contribution in [3.05, 3.63) is 54.1 Å². The lowest BCUT2D eigenvalue weighted by atomic mass is 10.1. The van der Waals surface area contributed by atoms with Crippen molar-refractivity contribution in [2.24, 2.45) is 0 Å². The van der Waals surface area contributed by atoms with Crippen LogP contribution in [0.25, 0.3) is 0 Å². The summed E-state index contributed by atoms with van der Waals surface area (Å²) in [5.41, 5.74) is 0.314. The number of Topliss-reactive ketones (excluding diaryl/α,β-unsaturated/α-hetero) is 1. The van der Waals surface area contributed by atoms with E-state index in [-0.39, 0.29) is 0 Å². The van der Waals surface area contributed by atoms with Crippen molar-refractivity contribution >= 4 is 27.7 Å². The summed E-state index contributed by atoms with van der Waals surface area (Å²) in [5, 5.41) is 0. The standard InChI is InChI=1S/C17H15BrO5/c1-21-14-10-11(16(19)15(18)17(20)22-2)8-9-13(14)23-12-6-4-3-5-7-12/h3-10,15H,1-2H3. The van der Waals surface area contributed by atoms with E-state index in [4.69, 9.17) is 9.47 Å².